The second kappa shape index (κ2) is 8.19. The van der Waals surface area contributed by atoms with Crippen LogP contribution in [0.5, 0.6) is 0 Å². The number of H-pyrrole nitrogens is 1. The van der Waals surface area contributed by atoms with Gasteiger partial charge in [0.25, 0.3) is 5.56 Å². The van der Waals surface area contributed by atoms with Gasteiger partial charge in [0.05, 0.1) is 6.10 Å². The lowest BCUT2D eigenvalue weighted by atomic mass is 10.1. The number of pyridine rings is 1. The maximum absolute atomic E-state index is 12.4. The van der Waals surface area contributed by atoms with Gasteiger partial charge in [0.1, 0.15) is 0 Å². The Hall–Kier alpha value is -1.30. The van der Waals surface area contributed by atoms with E-state index < -0.39 is 0 Å². The van der Waals surface area contributed by atoms with E-state index in [0.29, 0.717) is 12.6 Å². The van der Waals surface area contributed by atoms with Crippen molar-refractivity contribution in [3.8, 4) is 0 Å². The number of benzene rings is 1. The quantitative estimate of drug-likeness (QED) is 0.811. The molecule has 1 unspecified atom stereocenters. The zero-order valence-electron chi connectivity index (χ0n) is 14.5. The molecule has 0 bridgehead atoms. The number of hydrogen-bond acceptors (Lipinski definition) is 4. The third-order valence-corrected chi connectivity index (χ3v) is 5.40. The van der Waals surface area contributed by atoms with Crippen molar-refractivity contribution in [3.63, 3.8) is 0 Å². The molecule has 1 saturated heterocycles. The highest BCUT2D eigenvalue weighted by Crippen LogP contribution is 2.20. The van der Waals surface area contributed by atoms with Crippen molar-refractivity contribution in [1.82, 2.24) is 9.88 Å². The number of fused-ring (bicyclic) bond motifs is 1. The van der Waals surface area contributed by atoms with Gasteiger partial charge < -0.3 is 14.6 Å². The van der Waals surface area contributed by atoms with E-state index >= 15 is 0 Å². The fourth-order valence-electron chi connectivity index (χ4n) is 3.24. The Morgan fingerprint density at radius 3 is 2.96 bits per heavy atom. The topological polar surface area (TPSA) is 45.3 Å². The summed E-state index contributed by atoms with van der Waals surface area (Å²) in [5.74, 6) is 0. The van der Waals surface area contributed by atoms with Gasteiger partial charge >= 0.3 is 0 Å². The molecule has 1 atom stereocenters. The molecule has 0 amide bonds. The third kappa shape index (κ3) is 4.41. The van der Waals surface area contributed by atoms with Crippen LogP contribution in [-0.4, -0.2) is 42.4 Å². The monoisotopic (exact) mass is 346 g/mol. The molecule has 1 aliphatic heterocycles. The van der Waals surface area contributed by atoms with Crippen LogP contribution in [0.1, 0.15) is 31.2 Å². The van der Waals surface area contributed by atoms with E-state index in [2.05, 4.69) is 29.1 Å². The molecule has 1 fully saturated rings. The van der Waals surface area contributed by atoms with Crippen molar-refractivity contribution in [2.24, 2.45) is 0 Å². The molecular formula is C19H26N2O2S. The molecule has 3 rings (SSSR count). The van der Waals surface area contributed by atoms with Gasteiger partial charge in [0, 0.05) is 35.7 Å². The molecule has 1 aromatic heterocycles. The van der Waals surface area contributed by atoms with Crippen LogP contribution >= 0.6 is 11.8 Å². The highest BCUT2D eigenvalue weighted by molar-refractivity contribution is 7.98. The molecule has 130 valence electrons. The maximum Gasteiger partial charge on any atom is 0.252 e. The first kappa shape index (κ1) is 17.5. The molecule has 0 radical (unpaired) electrons. The standard InChI is InChI=1S/C19H26N2O2S/c1-21(9-8-16-5-3-4-10-23-16)13-15-11-14-6-7-17(24-2)12-18(14)20-19(15)22/h6-7,11-12,16H,3-5,8-10,13H2,1-2H3,(H,20,22). The van der Waals surface area contributed by atoms with Gasteiger partial charge in [-0.1, -0.05) is 6.07 Å². The maximum atomic E-state index is 12.4. The molecule has 2 heterocycles. The van der Waals surface area contributed by atoms with E-state index in [-0.39, 0.29) is 5.56 Å². The molecule has 1 aliphatic rings. The number of thioether (sulfide) groups is 1. The minimum atomic E-state index is 0.0153. The molecule has 0 aliphatic carbocycles. The summed E-state index contributed by atoms with van der Waals surface area (Å²) in [6.45, 7) is 2.52. The number of aromatic nitrogens is 1. The SMILES string of the molecule is CSc1ccc2cc(CN(C)CCC3CCCCO3)c(=O)[nH]c2c1. The third-order valence-electron chi connectivity index (χ3n) is 4.68. The van der Waals surface area contributed by atoms with Gasteiger partial charge in [0.15, 0.2) is 0 Å². The molecule has 5 heteroatoms. The second-order valence-electron chi connectivity index (χ2n) is 6.59. The zero-order chi connectivity index (χ0) is 16.9. The fraction of sp³-hybridized carbons (Fsp3) is 0.526. The largest absolute Gasteiger partial charge is 0.378 e. The Balaban J connectivity index is 1.65. The van der Waals surface area contributed by atoms with Crippen LogP contribution in [-0.2, 0) is 11.3 Å². The molecule has 4 nitrogen and oxygen atoms in total. The smallest absolute Gasteiger partial charge is 0.252 e. The van der Waals surface area contributed by atoms with Crippen LogP contribution < -0.4 is 5.56 Å². The Morgan fingerprint density at radius 2 is 2.21 bits per heavy atom. The van der Waals surface area contributed by atoms with Crippen LogP contribution in [0.25, 0.3) is 10.9 Å². The molecule has 1 aromatic carbocycles. The number of nitrogens with one attached hydrogen (secondary N) is 1. The number of ether oxygens (including phenoxy) is 1. The van der Waals surface area contributed by atoms with Gasteiger partial charge in [-0.25, -0.2) is 0 Å². The van der Waals surface area contributed by atoms with Crippen LogP contribution in [0.3, 0.4) is 0 Å². The predicted octanol–water partition coefficient (Wildman–Crippen LogP) is 3.64. The molecule has 1 N–H and O–H groups in total. The van der Waals surface area contributed by atoms with Crippen molar-refractivity contribution in [1.29, 1.82) is 0 Å². The summed E-state index contributed by atoms with van der Waals surface area (Å²) in [4.78, 5) is 18.8. The van der Waals surface area contributed by atoms with E-state index in [1.54, 1.807) is 11.8 Å². The molecule has 0 saturated carbocycles. The van der Waals surface area contributed by atoms with Crippen molar-refractivity contribution in [3.05, 3.63) is 40.2 Å². The zero-order valence-corrected chi connectivity index (χ0v) is 15.3. The van der Waals surface area contributed by atoms with Gasteiger partial charge in [-0.15, -0.1) is 11.8 Å². The Morgan fingerprint density at radius 1 is 1.33 bits per heavy atom. The van der Waals surface area contributed by atoms with Gasteiger partial charge in [-0.3, -0.25) is 4.79 Å². The van der Waals surface area contributed by atoms with Gasteiger partial charge in [0.2, 0.25) is 0 Å². The number of aromatic amines is 1. The highest BCUT2D eigenvalue weighted by atomic mass is 32.2. The average molecular weight is 346 g/mol. The summed E-state index contributed by atoms with van der Waals surface area (Å²) in [5.41, 5.74) is 1.75. The number of nitrogens with zero attached hydrogens (tertiary/aromatic N) is 1. The second-order valence-corrected chi connectivity index (χ2v) is 7.47. The summed E-state index contributed by atoms with van der Waals surface area (Å²) >= 11 is 1.68. The predicted molar refractivity (Wildman–Crippen MR) is 101 cm³/mol. The average Bonchev–Trinajstić information content (AvgIpc) is 2.61. The van der Waals surface area contributed by atoms with Crippen LogP contribution in [0.4, 0.5) is 0 Å². The lowest BCUT2D eigenvalue weighted by Gasteiger charge is -2.25. The Kier molecular flexibility index (Phi) is 5.98. The van der Waals surface area contributed by atoms with E-state index in [1.165, 1.54) is 19.3 Å². The first-order valence-corrected chi connectivity index (χ1v) is 9.88. The Labute approximate surface area is 147 Å². The minimum Gasteiger partial charge on any atom is -0.378 e. The normalized spacial score (nSPS) is 18.4. The summed E-state index contributed by atoms with van der Waals surface area (Å²) in [6.07, 6.45) is 7.11. The summed E-state index contributed by atoms with van der Waals surface area (Å²) in [5, 5.41) is 1.09. The molecule has 2 aromatic rings. The summed E-state index contributed by atoms with van der Waals surface area (Å²) in [6, 6.07) is 8.23. The first-order valence-electron chi connectivity index (χ1n) is 8.66. The van der Waals surface area contributed by atoms with Crippen LogP contribution in [0.15, 0.2) is 34.0 Å². The van der Waals surface area contributed by atoms with E-state index in [0.717, 1.165) is 40.9 Å². The lowest BCUT2D eigenvalue weighted by Crippen LogP contribution is -2.28. The Bertz CT molecular complexity index is 738. The fourth-order valence-corrected chi connectivity index (χ4v) is 3.68. The molecule has 24 heavy (non-hydrogen) atoms. The van der Waals surface area contributed by atoms with Crippen molar-refractivity contribution < 1.29 is 4.74 Å². The lowest BCUT2D eigenvalue weighted by molar-refractivity contribution is 0.00639. The summed E-state index contributed by atoms with van der Waals surface area (Å²) < 4.78 is 5.79. The van der Waals surface area contributed by atoms with Gasteiger partial charge in [-0.05, 0) is 62.6 Å². The van der Waals surface area contributed by atoms with E-state index in [1.807, 2.05) is 18.4 Å². The van der Waals surface area contributed by atoms with Crippen molar-refractivity contribution >= 4 is 22.7 Å². The minimum absolute atomic E-state index is 0.0153. The summed E-state index contributed by atoms with van der Waals surface area (Å²) in [7, 11) is 2.07. The van der Waals surface area contributed by atoms with Crippen LogP contribution in [0, 0.1) is 0 Å². The number of hydrogen-bond donors (Lipinski definition) is 1. The van der Waals surface area contributed by atoms with Crippen LogP contribution in [0.2, 0.25) is 0 Å². The highest BCUT2D eigenvalue weighted by Gasteiger charge is 2.15. The van der Waals surface area contributed by atoms with E-state index in [4.69, 9.17) is 4.74 Å². The van der Waals surface area contributed by atoms with Crippen molar-refractivity contribution in [2.45, 2.75) is 43.2 Å². The van der Waals surface area contributed by atoms with E-state index in [9.17, 15) is 4.79 Å². The molecular weight excluding hydrogens is 320 g/mol. The molecule has 0 spiro atoms. The van der Waals surface area contributed by atoms with Crippen molar-refractivity contribution in [2.75, 3.05) is 26.5 Å². The number of rotatable bonds is 6. The van der Waals surface area contributed by atoms with Gasteiger partial charge in [-0.2, -0.15) is 0 Å². The first-order chi connectivity index (χ1) is 11.7.